The third-order valence-electron chi connectivity index (χ3n) is 3.53. The predicted octanol–water partition coefficient (Wildman–Crippen LogP) is 2.27. The predicted molar refractivity (Wildman–Crippen MR) is 73.5 cm³/mol. The summed E-state index contributed by atoms with van der Waals surface area (Å²) in [6, 6.07) is 7.77. The first-order chi connectivity index (χ1) is 8.49. The van der Waals surface area contributed by atoms with E-state index in [-0.39, 0.29) is 11.9 Å². The van der Waals surface area contributed by atoms with Crippen molar-refractivity contribution in [3.8, 4) is 0 Å². The summed E-state index contributed by atoms with van der Waals surface area (Å²) >= 11 is 5.83. The van der Waals surface area contributed by atoms with Crippen molar-refractivity contribution in [1.29, 1.82) is 0 Å². The van der Waals surface area contributed by atoms with E-state index >= 15 is 0 Å². The molecule has 1 atom stereocenters. The molecule has 1 amide bonds. The molecule has 1 aliphatic carbocycles. The highest BCUT2D eigenvalue weighted by Crippen LogP contribution is 2.29. The minimum atomic E-state index is -0.617. The summed E-state index contributed by atoms with van der Waals surface area (Å²) in [7, 11) is 0. The monoisotopic (exact) mass is 266 g/mol. The molecule has 18 heavy (non-hydrogen) atoms. The van der Waals surface area contributed by atoms with Gasteiger partial charge < -0.3 is 11.1 Å². The van der Waals surface area contributed by atoms with E-state index in [4.69, 9.17) is 17.3 Å². The molecule has 1 unspecified atom stereocenters. The van der Waals surface area contributed by atoms with Gasteiger partial charge in [-0.2, -0.15) is 0 Å². The molecule has 0 saturated heterocycles. The van der Waals surface area contributed by atoms with E-state index in [1.54, 1.807) is 0 Å². The van der Waals surface area contributed by atoms with Crippen LogP contribution in [0.4, 0.5) is 0 Å². The molecule has 1 aromatic rings. The zero-order chi connectivity index (χ0) is 13.2. The molecule has 0 aliphatic heterocycles. The van der Waals surface area contributed by atoms with Crippen LogP contribution < -0.4 is 11.1 Å². The number of amides is 1. The second-order valence-corrected chi connectivity index (χ2v) is 5.65. The minimum Gasteiger partial charge on any atom is -0.352 e. The van der Waals surface area contributed by atoms with Gasteiger partial charge in [0.1, 0.15) is 0 Å². The molecule has 0 spiro atoms. The van der Waals surface area contributed by atoms with Crippen molar-refractivity contribution in [3.05, 3.63) is 34.9 Å². The number of benzene rings is 1. The van der Waals surface area contributed by atoms with Gasteiger partial charge >= 0.3 is 0 Å². The molecule has 3 nitrogen and oxygen atoms in total. The first-order valence-electron chi connectivity index (χ1n) is 6.34. The van der Waals surface area contributed by atoms with Crippen molar-refractivity contribution in [2.45, 2.75) is 44.2 Å². The van der Waals surface area contributed by atoms with E-state index in [2.05, 4.69) is 5.32 Å². The van der Waals surface area contributed by atoms with Crippen LogP contribution in [0.3, 0.4) is 0 Å². The molecule has 1 fully saturated rings. The number of carbonyl (C=O) groups is 1. The molecule has 0 bridgehead atoms. The van der Waals surface area contributed by atoms with E-state index in [1.165, 1.54) is 0 Å². The Hall–Kier alpha value is -1.06. The summed E-state index contributed by atoms with van der Waals surface area (Å²) in [6.07, 6.45) is 3.44. The van der Waals surface area contributed by atoms with Crippen LogP contribution in [-0.4, -0.2) is 17.5 Å². The Kier molecular flexibility index (Phi) is 3.93. The maximum absolute atomic E-state index is 11.9. The van der Waals surface area contributed by atoms with Gasteiger partial charge in [0.15, 0.2) is 0 Å². The van der Waals surface area contributed by atoms with Gasteiger partial charge in [-0.15, -0.1) is 0 Å². The van der Waals surface area contributed by atoms with Crippen molar-refractivity contribution >= 4 is 17.5 Å². The third kappa shape index (κ3) is 3.03. The summed E-state index contributed by atoms with van der Waals surface area (Å²) in [4.78, 5) is 11.9. The van der Waals surface area contributed by atoms with Crippen LogP contribution in [0.25, 0.3) is 0 Å². The van der Waals surface area contributed by atoms with Gasteiger partial charge in [-0.25, -0.2) is 0 Å². The topological polar surface area (TPSA) is 55.1 Å². The fraction of sp³-hybridized carbons (Fsp3) is 0.500. The van der Waals surface area contributed by atoms with Gasteiger partial charge in [0.05, 0.1) is 5.54 Å². The number of hydrogen-bond acceptors (Lipinski definition) is 2. The molecule has 1 aliphatic rings. The molecule has 4 heteroatoms. The first-order valence-corrected chi connectivity index (χ1v) is 6.72. The molecular weight excluding hydrogens is 248 g/mol. The Balaban J connectivity index is 1.86. The van der Waals surface area contributed by atoms with Crippen LogP contribution in [0.2, 0.25) is 5.02 Å². The molecule has 1 aromatic carbocycles. The van der Waals surface area contributed by atoms with Crippen LogP contribution >= 0.6 is 11.6 Å². The lowest BCUT2D eigenvalue weighted by Gasteiger charge is -2.37. The van der Waals surface area contributed by atoms with Crippen LogP contribution in [0, 0.1) is 0 Å². The average Bonchev–Trinajstić information content (AvgIpc) is 2.29. The number of nitrogens with two attached hydrogens (primary N) is 1. The van der Waals surface area contributed by atoms with Crippen LogP contribution in [0.15, 0.2) is 24.3 Å². The van der Waals surface area contributed by atoms with Gasteiger partial charge in [-0.05, 0) is 50.3 Å². The highest BCUT2D eigenvalue weighted by Gasteiger charge is 2.40. The average molecular weight is 267 g/mol. The first kappa shape index (κ1) is 13.4. The summed E-state index contributed by atoms with van der Waals surface area (Å²) in [5.41, 5.74) is 6.52. The Labute approximate surface area is 113 Å². The van der Waals surface area contributed by atoms with E-state index in [0.29, 0.717) is 0 Å². The molecule has 3 N–H and O–H groups in total. The number of nitrogens with one attached hydrogen (secondary N) is 1. The summed E-state index contributed by atoms with van der Waals surface area (Å²) in [6.45, 7) is 1.99. The van der Waals surface area contributed by atoms with E-state index in [9.17, 15) is 4.79 Å². The van der Waals surface area contributed by atoms with Crippen molar-refractivity contribution in [1.82, 2.24) is 5.32 Å². The van der Waals surface area contributed by atoms with Crippen LogP contribution in [-0.2, 0) is 11.2 Å². The lowest BCUT2D eigenvalue weighted by Crippen LogP contribution is -2.60. The number of hydrogen-bond donors (Lipinski definition) is 2. The molecule has 98 valence electrons. The minimum absolute atomic E-state index is 0.0183. The normalized spacial score (nSPS) is 18.8. The molecular formula is C14H19ClN2O. The third-order valence-corrected chi connectivity index (χ3v) is 3.78. The Bertz CT molecular complexity index is 426. The fourth-order valence-corrected chi connectivity index (χ4v) is 2.30. The van der Waals surface area contributed by atoms with E-state index in [0.717, 1.165) is 36.3 Å². The van der Waals surface area contributed by atoms with Crippen molar-refractivity contribution in [3.63, 3.8) is 0 Å². The highest BCUT2D eigenvalue weighted by atomic mass is 35.5. The van der Waals surface area contributed by atoms with Crippen molar-refractivity contribution in [2.24, 2.45) is 5.73 Å². The number of carbonyl (C=O) groups excluding carboxylic acids is 1. The van der Waals surface area contributed by atoms with Gasteiger partial charge in [-0.1, -0.05) is 23.7 Å². The second-order valence-electron chi connectivity index (χ2n) is 5.21. The molecule has 0 heterocycles. The number of halogens is 1. The second kappa shape index (κ2) is 5.29. The zero-order valence-electron chi connectivity index (χ0n) is 10.6. The zero-order valence-corrected chi connectivity index (χ0v) is 11.3. The van der Waals surface area contributed by atoms with Gasteiger partial charge in [0.2, 0.25) is 5.91 Å². The Morgan fingerprint density at radius 1 is 1.44 bits per heavy atom. The number of rotatable bonds is 4. The standard InChI is InChI=1S/C14H19ClN2O/c1-10(9-11-3-5-12(15)6-4-11)17-13(18)14(16)7-2-8-14/h3-6,10H,2,7-9,16H2,1H3,(H,17,18). The Morgan fingerprint density at radius 2 is 2.06 bits per heavy atom. The maximum atomic E-state index is 11.9. The fourth-order valence-electron chi connectivity index (χ4n) is 2.18. The lowest BCUT2D eigenvalue weighted by atomic mass is 9.77. The smallest absolute Gasteiger partial charge is 0.240 e. The van der Waals surface area contributed by atoms with Crippen molar-refractivity contribution < 1.29 is 4.79 Å². The Morgan fingerprint density at radius 3 is 2.56 bits per heavy atom. The van der Waals surface area contributed by atoms with Crippen LogP contribution in [0.5, 0.6) is 0 Å². The quantitative estimate of drug-likeness (QED) is 0.878. The maximum Gasteiger partial charge on any atom is 0.240 e. The molecule has 0 radical (unpaired) electrons. The van der Waals surface area contributed by atoms with E-state index in [1.807, 2.05) is 31.2 Å². The summed E-state index contributed by atoms with van der Waals surface area (Å²) in [5.74, 6) is -0.0183. The summed E-state index contributed by atoms with van der Waals surface area (Å²) in [5, 5.41) is 3.72. The summed E-state index contributed by atoms with van der Waals surface area (Å²) < 4.78 is 0. The van der Waals surface area contributed by atoms with Crippen LogP contribution in [0.1, 0.15) is 31.7 Å². The van der Waals surface area contributed by atoms with Gasteiger partial charge in [0.25, 0.3) is 0 Å². The van der Waals surface area contributed by atoms with Gasteiger partial charge in [0, 0.05) is 11.1 Å². The van der Waals surface area contributed by atoms with Crippen molar-refractivity contribution in [2.75, 3.05) is 0 Å². The molecule has 2 rings (SSSR count). The van der Waals surface area contributed by atoms with Gasteiger partial charge in [-0.3, -0.25) is 4.79 Å². The molecule has 0 aromatic heterocycles. The van der Waals surface area contributed by atoms with E-state index < -0.39 is 5.54 Å². The SMILES string of the molecule is CC(Cc1ccc(Cl)cc1)NC(=O)C1(N)CCC1. The highest BCUT2D eigenvalue weighted by molar-refractivity contribution is 6.30. The lowest BCUT2D eigenvalue weighted by molar-refractivity contribution is -0.129. The molecule has 1 saturated carbocycles. The largest absolute Gasteiger partial charge is 0.352 e.